The van der Waals surface area contributed by atoms with E-state index in [1.165, 1.54) is 24.3 Å². The van der Waals surface area contributed by atoms with Gasteiger partial charge < -0.3 is 13.9 Å². The van der Waals surface area contributed by atoms with Crippen LogP contribution in [-0.4, -0.2) is 38.2 Å². The molecular weight excluding hydrogens is 410 g/mol. The van der Waals surface area contributed by atoms with Crippen LogP contribution in [-0.2, 0) is 14.8 Å². The molecule has 0 aliphatic rings. The highest BCUT2D eigenvalue weighted by Gasteiger charge is 2.21. The molecule has 30 heavy (non-hydrogen) atoms. The Balaban J connectivity index is 1.68. The van der Waals surface area contributed by atoms with Crippen LogP contribution in [0.4, 0.5) is 0 Å². The summed E-state index contributed by atoms with van der Waals surface area (Å²) in [5, 5.41) is 7.91. The molecule has 0 amide bonds. The van der Waals surface area contributed by atoms with E-state index < -0.39 is 22.1 Å². The monoisotopic (exact) mass is 431 g/mol. The van der Waals surface area contributed by atoms with Crippen molar-refractivity contribution in [2.45, 2.75) is 24.8 Å². The number of hydrogen-bond donors (Lipinski definition) is 1. The summed E-state index contributed by atoms with van der Waals surface area (Å²) in [5.74, 6) is 0.484. The van der Waals surface area contributed by atoms with Gasteiger partial charge in [0.05, 0.1) is 17.6 Å². The number of nitrogens with one attached hydrogen (secondary N) is 1. The quantitative estimate of drug-likeness (QED) is 0.541. The average Bonchev–Trinajstić information content (AvgIpc) is 3.24. The average molecular weight is 431 g/mol. The molecule has 1 unspecified atom stereocenters. The zero-order valence-electron chi connectivity index (χ0n) is 16.7. The highest BCUT2D eigenvalue weighted by Crippen LogP contribution is 2.25. The normalized spacial score (nSPS) is 12.4. The van der Waals surface area contributed by atoms with Gasteiger partial charge in [-0.3, -0.25) is 0 Å². The van der Waals surface area contributed by atoms with Crippen LogP contribution in [0.25, 0.3) is 11.5 Å². The smallest absolute Gasteiger partial charge is 0.338 e. The lowest BCUT2D eigenvalue weighted by atomic mass is 10.2. The Morgan fingerprint density at radius 1 is 1.10 bits per heavy atom. The molecule has 3 rings (SSSR count). The second kappa shape index (κ2) is 9.06. The number of carbonyl (C=O) groups excluding carboxylic acids is 1. The molecule has 0 saturated carbocycles. The Kier molecular flexibility index (Phi) is 6.48. The largest absolute Gasteiger partial charge is 0.497 e. The summed E-state index contributed by atoms with van der Waals surface area (Å²) in [6.45, 7) is 3.56. The highest BCUT2D eigenvalue weighted by atomic mass is 32.2. The molecule has 0 bridgehead atoms. The summed E-state index contributed by atoms with van der Waals surface area (Å²) in [5.41, 5.74) is 0.901. The van der Waals surface area contributed by atoms with Crippen molar-refractivity contribution in [1.29, 1.82) is 0 Å². The number of rotatable bonds is 8. The summed E-state index contributed by atoms with van der Waals surface area (Å²) in [6.07, 6.45) is -0.790. The summed E-state index contributed by atoms with van der Waals surface area (Å²) < 4.78 is 42.4. The number of ether oxygens (including phenoxy) is 2. The van der Waals surface area contributed by atoms with Gasteiger partial charge in [-0.1, -0.05) is 6.92 Å². The van der Waals surface area contributed by atoms with Gasteiger partial charge in [0.15, 0.2) is 6.10 Å². The molecule has 1 heterocycles. The van der Waals surface area contributed by atoms with Crippen molar-refractivity contribution in [3.05, 3.63) is 60.0 Å². The van der Waals surface area contributed by atoms with E-state index in [0.717, 1.165) is 0 Å². The number of sulfonamides is 1. The third-order valence-electron chi connectivity index (χ3n) is 4.14. The van der Waals surface area contributed by atoms with Crippen molar-refractivity contribution in [2.75, 3.05) is 13.7 Å². The Morgan fingerprint density at radius 2 is 1.77 bits per heavy atom. The van der Waals surface area contributed by atoms with Crippen LogP contribution in [0.15, 0.2) is 57.8 Å². The van der Waals surface area contributed by atoms with Crippen molar-refractivity contribution in [2.24, 2.45) is 0 Å². The van der Waals surface area contributed by atoms with Crippen LogP contribution in [0.1, 0.15) is 36.2 Å². The van der Waals surface area contributed by atoms with Crippen LogP contribution in [0.2, 0.25) is 0 Å². The Hall–Kier alpha value is -3.24. The number of aromatic nitrogens is 2. The van der Waals surface area contributed by atoms with E-state index in [1.807, 2.05) is 0 Å². The third kappa shape index (κ3) is 4.84. The second-order valence-electron chi connectivity index (χ2n) is 6.25. The molecule has 0 spiro atoms. The van der Waals surface area contributed by atoms with Gasteiger partial charge in [-0.25, -0.2) is 17.9 Å². The third-order valence-corrected chi connectivity index (χ3v) is 5.71. The van der Waals surface area contributed by atoms with E-state index in [0.29, 0.717) is 11.3 Å². The highest BCUT2D eigenvalue weighted by molar-refractivity contribution is 7.89. The molecule has 1 N–H and O–H groups in total. The lowest BCUT2D eigenvalue weighted by Crippen LogP contribution is -2.23. The summed E-state index contributed by atoms with van der Waals surface area (Å²) in [7, 11) is -2.02. The maximum absolute atomic E-state index is 12.4. The number of benzene rings is 2. The van der Waals surface area contributed by atoms with Gasteiger partial charge in [0.25, 0.3) is 5.89 Å². The van der Waals surface area contributed by atoms with Gasteiger partial charge in [-0.2, -0.15) is 0 Å². The number of nitrogens with zero attached hydrogens (tertiary/aromatic N) is 2. The molecule has 0 aliphatic heterocycles. The molecule has 10 heteroatoms. The van der Waals surface area contributed by atoms with Crippen LogP contribution >= 0.6 is 0 Å². The minimum atomic E-state index is -3.59. The van der Waals surface area contributed by atoms with Crippen LogP contribution in [0.3, 0.4) is 0 Å². The molecule has 9 nitrogen and oxygen atoms in total. The molecule has 3 aromatic rings. The van der Waals surface area contributed by atoms with Crippen molar-refractivity contribution >= 4 is 16.0 Å². The summed E-state index contributed by atoms with van der Waals surface area (Å²) >= 11 is 0. The van der Waals surface area contributed by atoms with Gasteiger partial charge in [-0.05, 0) is 55.5 Å². The molecule has 2 aromatic carbocycles. The van der Waals surface area contributed by atoms with Crippen molar-refractivity contribution in [3.8, 4) is 17.2 Å². The topological polar surface area (TPSA) is 121 Å². The molecule has 158 valence electrons. The minimum absolute atomic E-state index is 0.0648. The molecule has 1 aromatic heterocycles. The summed E-state index contributed by atoms with van der Waals surface area (Å²) in [4.78, 5) is 12.4. The Labute approximate surface area is 174 Å². The first-order valence-corrected chi connectivity index (χ1v) is 10.6. The number of hydrogen-bond acceptors (Lipinski definition) is 8. The van der Waals surface area contributed by atoms with E-state index in [1.54, 1.807) is 45.2 Å². The number of methoxy groups -OCH3 is 1. The molecule has 0 aliphatic carbocycles. The second-order valence-corrected chi connectivity index (χ2v) is 8.01. The standard InChI is InChI=1S/C20H21N3O6S/c1-4-21-30(25,26)17-11-7-15(8-12-17)20(24)28-13(2)18-22-23-19(29-18)14-5-9-16(27-3)10-6-14/h5-13,21H,4H2,1-3H3. The van der Waals surface area contributed by atoms with Crippen LogP contribution < -0.4 is 9.46 Å². The van der Waals surface area contributed by atoms with Gasteiger partial charge in [0.2, 0.25) is 15.9 Å². The van der Waals surface area contributed by atoms with Gasteiger partial charge in [-0.15, -0.1) is 10.2 Å². The number of esters is 1. The fraction of sp³-hybridized carbons (Fsp3) is 0.250. The van der Waals surface area contributed by atoms with E-state index >= 15 is 0 Å². The predicted octanol–water partition coefficient (Wildman–Crippen LogP) is 2.96. The zero-order chi connectivity index (χ0) is 21.7. The number of carbonyl (C=O) groups is 1. The van der Waals surface area contributed by atoms with Crippen molar-refractivity contribution < 1.29 is 27.1 Å². The predicted molar refractivity (Wildman–Crippen MR) is 107 cm³/mol. The molecule has 0 fully saturated rings. The molecule has 0 saturated heterocycles. The maximum atomic E-state index is 12.4. The molecule has 1 atom stereocenters. The first-order chi connectivity index (χ1) is 14.3. The SMILES string of the molecule is CCNS(=O)(=O)c1ccc(C(=O)OC(C)c2nnc(-c3ccc(OC)cc3)o2)cc1. The fourth-order valence-electron chi connectivity index (χ4n) is 2.57. The van der Waals surface area contributed by atoms with Crippen molar-refractivity contribution in [1.82, 2.24) is 14.9 Å². The molecular formula is C20H21N3O6S. The first kappa shape index (κ1) is 21.5. The van der Waals surface area contributed by atoms with Gasteiger partial charge in [0.1, 0.15) is 5.75 Å². The van der Waals surface area contributed by atoms with Crippen LogP contribution in [0.5, 0.6) is 5.75 Å². The van der Waals surface area contributed by atoms with Gasteiger partial charge >= 0.3 is 5.97 Å². The van der Waals surface area contributed by atoms with Crippen molar-refractivity contribution in [3.63, 3.8) is 0 Å². The lowest BCUT2D eigenvalue weighted by Gasteiger charge is -2.10. The maximum Gasteiger partial charge on any atom is 0.338 e. The van der Waals surface area contributed by atoms with E-state index in [-0.39, 0.29) is 28.8 Å². The Morgan fingerprint density at radius 3 is 2.37 bits per heavy atom. The lowest BCUT2D eigenvalue weighted by molar-refractivity contribution is 0.0279. The summed E-state index contributed by atoms with van der Waals surface area (Å²) in [6, 6.07) is 12.5. The fourth-order valence-corrected chi connectivity index (χ4v) is 3.61. The zero-order valence-corrected chi connectivity index (χ0v) is 17.5. The van der Waals surface area contributed by atoms with E-state index in [9.17, 15) is 13.2 Å². The minimum Gasteiger partial charge on any atom is -0.497 e. The van der Waals surface area contributed by atoms with Gasteiger partial charge in [0, 0.05) is 12.1 Å². The van der Waals surface area contributed by atoms with Crippen LogP contribution in [0, 0.1) is 0 Å². The van der Waals surface area contributed by atoms with E-state index in [2.05, 4.69) is 14.9 Å². The van der Waals surface area contributed by atoms with E-state index in [4.69, 9.17) is 13.9 Å². The first-order valence-electron chi connectivity index (χ1n) is 9.12. The Bertz CT molecular complexity index is 1110. The molecule has 0 radical (unpaired) electrons.